The lowest BCUT2D eigenvalue weighted by Gasteiger charge is -2.28. The van der Waals surface area contributed by atoms with Gasteiger partial charge in [0.15, 0.2) is 0 Å². The summed E-state index contributed by atoms with van der Waals surface area (Å²) in [6.45, 7) is 1.81. The lowest BCUT2D eigenvalue weighted by atomic mass is 9.82. The number of carboxylic acids is 1. The zero-order valence-electron chi connectivity index (χ0n) is 11.5. The summed E-state index contributed by atoms with van der Waals surface area (Å²) in [5.41, 5.74) is 1.40. The molecule has 0 radical (unpaired) electrons. The summed E-state index contributed by atoms with van der Waals surface area (Å²) in [6, 6.07) is 5.26. The predicted octanol–water partition coefficient (Wildman–Crippen LogP) is 1.78. The van der Waals surface area contributed by atoms with Crippen molar-refractivity contribution < 1.29 is 14.7 Å². The minimum Gasteiger partial charge on any atom is -0.550 e. The predicted molar refractivity (Wildman–Crippen MR) is 77.5 cm³/mol. The molecular formula is C16H15ClNO3-. The van der Waals surface area contributed by atoms with Crippen molar-refractivity contribution in [2.24, 2.45) is 23.7 Å². The van der Waals surface area contributed by atoms with Crippen molar-refractivity contribution in [2.75, 3.05) is 5.32 Å². The first-order valence-electron chi connectivity index (χ1n) is 6.94. The highest BCUT2D eigenvalue weighted by Crippen LogP contribution is 2.48. The van der Waals surface area contributed by atoms with Gasteiger partial charge < -0.3 is 15.2 Å². The summed E-state index contributed by atoms with van der Waals surface area (Å²) >= 11 is 6.03. The van der Waals surface area contributed by atoms with E-state index in [-0.39, 0.29) is 17.7 Å². The summed E-state index contributed by atoms with van der Waals surface area (Å²) < 4.78 is 0. The van der Waals surface area contributed by atoms with Crippen LogP contribution in [0.3, 0.4) is 0 Å². The third kappa shape index (κ3) is 2.33. The Balaban J connectivity index is 1.84. The Morgan fingerprint density at radius 3 is 2.57 bits per heavy atom. The van der Waals surface area contributed by atoms with E-state index in [1.54, 1.807) is 18.2 Å². The van der Waals surface area contributed by atoms with Gasteiger partial charge in [-0.1, -0.05) is 29.8 Å². The maximum absolute atomic E-state index is 12.5. The topological polar surface area (TPSA) is 69.2 Å². The van der Waals surface area contributed by atoms with Crippen molar-refractivity contribution in [2.45, 2.75) is 13.3 Å². The molecule has 1 N–H and O–H groups in total. The molecule has 0 heterocycles. The number of nitrogens with one attached hydrogen (secondary N) is 1. The smallest absolute Gasteiger partial charge is 0.228 e. The van der Waals surface area contributed by atoms with Crippen molar-refractivity contribution in [3.63, 3.8) is 0 Å². The fourth-order valence-corrected chi connectivity index (χ4v) is 3.63. The molecule has 1 amide bonds. The molecule has 1 aromatic carbocycles. The number of carbonyl (C=O) groups excluding carboxylic acids is 2. The molecule has 5 heteroatoms. The van der Waals surface area contributed by atoms with Gasteiger partial charge in [0.2, 0.25) is 5.91 Å². The molecule has 3 rings (SSSR count). The van der Waals surface area contributed by atoms with Crippen LogP contribution in [-0.4, -0.2) is 11.9 Å². The van der Waals surface area contributed by atoms with E-state index in [2.05, 4.69) is 5.32 Å². The quantitative estimate of drug-likeness (QED) is 0.865. The molecule has 4 atom stereocenters. The van der Waals surface area contributed by atoms with Crippen LogP contribution in [0, 0.1) is 30.6 Å². The number of carbonyl (C=O) groups is 2. The molecule has 1 fully saturated rings. The highest BCUT2D eigenvalue weighted by Gasteiger charge is 2.48. The summed E-state index contributed by atoms with van der Waals surface area (Å²) in [4.78, 5) is 23.8. The SMILES string of the molecule is Cc1c(Cl)cccc1NC(=O)[C@@H]1[C@@H](C(=O)[O-])[C@H]2C=C[C@H]1C2. The summed E-state index contributed by atoms with van der Waals surface area (Å²) in [5.74, 6) is -2.82. The van der Waals surface area contributed by atoms with Gasteiger partial charge in [-0.2, -0.15) is 0 Å². The first-order chi connectivity index (χ1) is 9.99. The average molecular weight is 305 g/mol. The Morgan fingerprint density at radius 2 is 1.90 bits per heavy atom. The van der Waals surface area contributed by atoms with Gasteiger partial charge in [0.1, 0.15) is 0 Å². The maximum atomic E-state index is 12.5. The van der Waals surface area contributed by atoms with Crippen LogP contribution in [-0.2, 0) is 9.59 Å². The van der Waals surface area contributed by atoms with Gasteiger partial charge in [0.25, 0.3) is 0 Å². The van der Waals surface area contributed by atoms with Gasteiger partial charge >= 0.3 is 0 Å². The Morgan fingerprint density at radius 1 is 1.24 bits per heavy atom. The van der Waals surface area contributed by atoms with E-state index in [4.69, 9.17) is 11.6 Å². The van der Waals surface area contributed by atoms with Crippen LogP contribution >= 0.6 is 11.6 Å². The molecule has 0 unspecified atom stereocenters. The molecule has 21 heavy (non-hydrogen) atoms. The van der Waals surface area contributed by atoms with E-state index in [1.165, 1.54) is 0 Å². The van der Waals surface area contributed by atoms with Crippen LogP contribution in [0.1, 0.15) is 12.0 Å². The van der Waals surface area contributed by atoms with Crippen LogP contribution in [0.5, 0.6) is 0 Å². The lowest BCUT2D eigenvalue weighted by Crippen LogP contribution is -2.42. The minimum atomic E-state index is -1.14. The van der Waals surface area contributed by atoms with Crippen molar-refractivity contribution in [1.82, 2.24) is 0 Å². The highest BCUT2D eigenvalue weighted by molar-refractivity contribution is 6.31. The van der Waals surface area contributed by atoms with Gasteiger partial charge in [-0.15, -0.1) is 0 Å². The van der Waals surface area contributed by atoms with Crippen LogP contribution < -0.4 is 10.4 Å². The van der Waals surface area contributed by atoms with E-state index >= 15 is 0 Å². The summed E-state index contributed by atoms with van der Waals surface area (Å²) in [5, 5.41) is 14.7. The van der Waals surface area contributed by atoms with Gasteiger partial charge in [0, 0.05) is 22.6 Å². The van der Waals surface area contributed by atoms with Crippen molar-refractivity contribution in [3.05, 3.63) is 40.9 Å². The Bertz CT molecular complexity index is 640. The number of allylic oxidation sites excluding steroid dienone is 2. The summed E-state index contributed by atoms with van der Waals surface area (Å²) in [7, 11) is 0. The molecule has 1 saturated carbocycles. The standard InChI is InChI=1S/C16H16ClNO3/c1-8-11(17)3-2-4-12(8)18-15(19)13-9-5-6-10(7-9)14(13)16(20)21/h2-6,9-10,13-14H,7H2,1H3,(H,18,19)(H,20,21)/p-1/t9-,10-,13-,14-/m0/s1. The first-order valence-corrected chi connectivity index (χ1v) is 7.32. The third-order valence-corrected chi connectivity index (χ3v) is 4.97. The monoisotopic (exact) mass is 304 g/mol. The number of amides is 1. The second-order valence-electron chi connectivity index (χ2n) is 5.72. The van der Waals surface area contributed by atoms with Crippen molar-refractivity contribution in [1.29, 1.82) is 0 Å². The number of aliphatic carboxylic acids is 1. The normalized spacial score (nSPS) is 29.6. The number of rotatable bonds is 3. The van der Waals surface area contributed by atoms with Crippen LogP contribution in [0.15, 0.2) is 30.4 Å². The largest absolute Gasteiger partial charge is 0.550 e. The zero-order valence-corrected chi connectivity index (χ0v) is 12.3. The molecule has 0 spiro atoms. The average Bonchev–Trinajstić information content (AvgIpc) is 3.04. The van der Waals surface area contributed by atoms with E-state index in [9.17, 15) is 14.7 Å². The highest BCUT2D eigenvalue weighted by atomic mass is 35.5. The second-order valence-corrected chi connectivity index (χ2v) is 6.13. The minimum absolute atomic E-state index is 0.0163. The fourth-order valence-electron chi connectivity index (χ4n) is 3.46. The molecule has 0 saturated heterocycles. The number of hydrogen-bond donors (Lipinski definition) is 1. The molecule has 4 nitrogen and oxygen atoms in total. The molecule has 0 aliphatic heterocycles. The lowest BCUT2D eigenvalue weighted by molar-refractivity contribution is -0.313. The van der Waals surface area contributed by atoms with Gasteiger partial charge in [-0.3, -0.25) is 4.79 Å². The van der Waals surface area contributed by atoms with E-state index in [0.717, 1.165) is 5.56 Å². The Hall–Kier alpha value is -1.81. The van der Waals surface area contributed by atoms with E-state index in [0.29, 0.717) is 17.1 Å². The van der Waals surface area contributed by atoms with Crippen LogP contribution in [0.4, 0.5) is 5.69 Å². The van der Waals surface area contributed by atoms with Crippen molar-refractivity contribution >= 4 is 29.2 Å². The molecule has 110 valence electrons. The fraction of sp³-hybridized carbons (Fsp3) is 0.375. The number of carboxylic acid groups (broad SMARTS) is 1. The molecule has 2 aliphatic rings. The number of hydrogen-bond acceptors (Lipinski definition) is 3. The van der Waals surface area contributed by atoms with Gasteiger partial charge in [-0.05, 0) is 42.9 Å². The van der Waals surface area contributed by atoms with E-state index < -0.39 is 17.8 Å². The Labute approximate surface area is 127 Å². The Kier molecular flexibility index (Phi) is 3.49. The van der Waals surface area contributed by atoms with Crippen molar-refractivity contribution in [3.8, 4) is 0 Å². The maximum Gasteiger partial charge on any atom is 0.228 e. The third-order valence-electron chi connectivity index (χ3n) is 4.56. The van der Waals surface area contributed by atoms with Gasteiger partial charge in [-0.25, -0.2) is 0 Å². The summed E-state index contributed by atoms with van der Waals surface area (Å²) in [6.07, 6.45) is 4.55. The number of fused-ring (bicyclic) bond motifs is 2. The second kappa shape index (κ2) is 5.19. The number of halogens is 1. The molecule has 2 aliphatic carbocycles. The zero-order chi connectivity index (χ0) is 15.1. The number of benzene rings is 1. The first kappa shape index (κ1) is 14.1. The van der Waals surface area contributed by atoms with Crippen LogP contribution in [0.25, 0.3) is 0 Å². The molecule has 0 aromatic heterocycles. The number of anilines is 1. The van der Waals surface area contributed by atoms with Crippen LogP contribution in [0.2, 0.25) is 5.02 Å². The van der Waals surface area contributed by atoms with Gasteiger partial charge in [0.05, 0.1) is 5.92 Å². The molecule has 2 bridgehead atoms. The van der Waals surface area contributed by atoms with E-state index in [1.807, 2.05) is 19.1 Å². The molecule has 1 aromatic rings. The molecular weight excluding hydrogens is 290 g/mol.